The molecule has 3 amide bonds. The van der Waals surface area contributed by atoms with Gasteiger partial charge < -0.3 is 29.5 Å². The molecule has 1 fully saturated rings. The quantitative estimate of drug-likeness (QED) is 0.204. The topological polar surface area (TPSA) is 114 Å². The van der Waals surface area contributed by atoms with Crippen molar-refractivity contribution >= 4 is 23.9 Å². The number of methoxy groups -OCH3 is 1. The molecule has 2 N–H and O–H groups in total. The molecule has 10 nitrogen and oxygen atoms in total. The third kappa shape index (κ3) is 10.4. The van der Waals surface area contributed by atoms with E-state index in [2.05, 4.69) is 29.8 Å². The van der Waals surface area contributed by atoms with E-state index < -0.39 is 47.4 Å². The molecular formula is C38H48FN4O6+. The van der Waals surface area contributed by atoms with Crippen LogP contribution in [-0.2, 0) is 43.5 Å². The summed E-state index contributed by atoms with van der Waals surface area (Å²) in [6, 6.07) is 23.9. The molecule has 0 aliphatic carbocycles. The number of benzene rings is 3. The number of rotatable bonds is 12. The number of esters is 1. The number of hydrogen-bond acceptors (Lipinski definition) is 6. The first-order valence-electron chi connectivity index (χ1n) is 16.5. The van der Waals surface area contributed by atoms with Crippen LogP contribution in [0, 0.1) is 5.82 Å². The Kier molecular flexibility index (Phi) is 12.2. The largest absolute Gasteiger partial charge is 0.469 e. The van der Waals surface area contributed by atoms with Crippen molar-refractivity contribution in [2.24, 2.45) is 0 Å². The fourth-order valence-electron chi connectivity index (χ4n) is 6.19. The minimum Gasteiger partial charge on any atom is -0.469 e. The molecule has 49 heavy (non-hydrogen) atoms. The summed E-state index contributed by atoms with van der Waals surface area (Å²) in [4.78, 5) is 56.4. The van der Waals surface area contributed by atoms with Crippen molar-refractivity contribution in [3.05, 3.63) is 107 Å². The molecule has 0 spiro atoms. The Balaban J connectivity index is 1.76. The van der Waals surface area contributed by atoms with Crippen LogP contribution in [0.3, 0.4) is 0 Å². The van der Waals surface area contributed by atoms with Crippen molar-refractivity contribution < 1.29 is 37.5 Å². The molecule has 0 aromatic heterocycles. The normalized spacial score (nSPS) is 19.6. The first-order valence-corrected chi connectivity index (χ1v) is 16.5. The number of nitrogens with zero attached hydrogens (tertiary/aromatic N) is 2. The van der Waals surface area contributed by atoms with Crippen LogP contribution >= 0.6 is 0 Å². The van der Waals surface area contributed by atoms with E-state index in [0.29, 0.717) is 36.0 Å². The van der Waals surface area contributed by atoms with Crippen molar-refractivity contribution in [1.82, 2.24) is 15.5 Å². The van der Waals surface area contributed by atoms with Crippen molar-refractivity contribution in [2.45, 2.75) is 76.8 Å². The Bertz CT molecular complexity index is 1570. The molecule has 0 unspecified atom stereocenters. The molecular weight excluding hydrogens is 627 g/mol. The van der Waals surface area contributed by atoms with Gasteiger partial charge in [0, 0.05) is 31.5 Å². The zero-order valence-corrected chi connectivity index (χ0v) is 29.0. The van der Waals surface area contributed by atoms with Crippen LogP contribution in [0.2, 0.25) is 0 Å². The number of carbonyl (C=O) groups excluding carboxylic acids is 4. The second-order valence-electron chi connectivity index (χ2n) is 13.9. The van der Waals surface area contributed by atoms with E-state index in [1.54, 1.807) is 32.9 Å². The smallest absolute Gasteiger partial charge is 0.408 e. The molecule has 1 atom stereocenters. The molecule has 1 saturated heterocycles. The van der Waals surface area contributed by atoms with Crippen LogP contribution < -0.4 is 10.6 Å². The summed E-state index contributed by atoms with van der Waals surface area (Å²) < 4.78 is 25.0. The standard InChI is InChI=1S/C38H47FN4O6/c1-37(2,3)49-36(47)41-32(24-33(44)48-5)34(45)42(26-29-16-18-31(39)19-17-29)38(35(46)40-25-28-12-8-6-9-13-28)20-22-43(4,23-21-38)27-30-14-10-7-11-15-30/h6-19,32H,20-27H2,1-5H3,(H-,40,41,46,47)/p+1/t32-,38?,43?/m0/s1. The van der Waals surface area contributed by atoms with E-state index in [4.69, 9.17) is 9.47 Å². The summed E-state index contributed by atoms with van der Waals surface area (Å²) in [5.74, 6) is -2.19. The van der Waals surface area contributed by atoms with Crippen LogP contribution in [0.5, 0.6) is 0 Å². The van der Waals surface area contributed by atoms with Crippen molar-refractivity contribution in [1.29, 1.82) is 0 Å². The van der Waals surface area contributed by atoms with Crippen LogP contribution in [0.15, 0.2) is 84.9 Å². The lowest BCUT2D eigenvalue weighted by Gasteiger charge is -2.50. The van der Waals surface area contributed by atoms with Gasteiger partial charge in [-0.3, -0.25) is 14.4 Å². The first-order chi connectivity index (χ1) is 23.2. The second-order valence-corrected chi connectivity index (χ2v) is 13.9. The average Bonchev–Trinajstić information content (AvgIpc) is 3.07. The highest BCUT2D eigenvalue weighted by Gasteiger charge is 2.53. The highest BCUT2D eigenvalue weighted by atomic mass is 19.1. The molecule has 1 heterocycles. The summed E-state index contributed by atoms with van der Waals surface area (Å²) in [5.41, 5.74) is 0.368. The van der Waals surface area contributed by atoms with Gasteiger partial charge in [0.05, 0.1) is 33.7 Å². The maximum absolute atomic E-state index is 14.8. The maximum atomic E-state index is 14.8. The Hall–Kier alpha value is -4.77. The number of piperidine rings is 1. The van der Waals surface area contributed by atoms with Gasteiger partial charge in [-0.25, -0.2) is 9.18 Å². The number of carbonyl (C=O) groups is 4. The third-order valence-electron chi connectivity index (χ3n) is 8.88. The molecule has 4 rings (SSSR count). The van der Waals surface area contributed by atoms with Gasteiger partial charge in [-0.05, 0) is 44.0 Å². The van der Waals surface area contributed by atoms with Crippen LogP contribution in [0.1, 0.15) is 56.7 Å². The lowest BCUT2D eigenvalue weighted by atomic mass is 9.82. The van der Waals surface area contributed by atoms with Gasteiger partial charge in [0.25, 0.3) is 0 Å². The molecule has 1 aliphatic heterocycles. The van der Waals surface area contributed by atoms with Gasteiger partial charge in [0.15, 0.2) is 0 Å². The van der Waals surface area contributed by atoms with Crippen LogP contribution in [-0.4, -0.2) is 77.7 Å². The summed E-state index contributed by atoms with van der Waals surface area (Å²) in [7, 11) is 3.33. The molecule has 0 bridgehead atoms. The van der Waals surface area contributed by atoms with Crippen molar-refractivity contribution in [2.75, 3.05) is 27.2 Å². The fraction of sp³-hybridized carbons (Fsp3) is 0.421. The highest BCUT2D eigenvalue weighted by molar-refractivity contribution is 5.96. The van der Waals surface area contributed by atoms with Gasteiger partial charge in [-0.1, -0.05) is 72.8 Å². The van der Waals surface area contributed by atoms with E-state index in [9.17, 15) is 23.6 Å². The molecule has 0 saturated carbocycles. The SMILES string of the molecule is COC(=O)C[C@H](NC(=O)OC(C)(C)C)C(=O)N(Cc1ccc(F)cc1)C1(C(=O)NCc2ccccc2)CC[N+](C)(Cc2ccccc2)CC1. The minimum absolute atomic E-state index is 0.0755. The number of ether oxygens (including phenoxy) is 2. The zero-order valence-electron chi connectivity index (χ0n) is 29.0. The molecule has 0 radical (unpaired) electrons. The predicted molar refractivity (Wildman–Crippen MR) is 183 cm³/mol. The number of quaternary nitrogens is 1. The van der Waals surface area contributed by atoms with Crippen LogP contribution in [0.25, 0.3) is 0 Å². The van der Waals surface area contributed by atoms with Crippen molar-refractivity contribution in [3.8, 4) is 0 Å². The molecule has 3 aromatic carbocycles. The molecule has 3 aromatic rings. The number of halogens is 1. The Morgan fingerprint density at radius 1 is 0.878 bits per heavy atom. The maximum Gasteiger partial charge on any atom is 0.408 e. The lowest BCUT2D eigenvalue weighted by Crippen LogP contribution is -2.69. The van der Waals surface area contributed by atoms with Gasteiger partial charge >= 0.3 is 12.1 Å². The van der Waals surface area contributed by atoms with E-state index in [0.717, 1.165) is 17.7 Å². The van der Waals surface area contributed by atoms with Crippen molar-refractivity contribution in [3.63, 3.8) is 0 Å². The number of likely N-dealkylation sites (tertiary alicyclic amines) is 1. The second kappa shape index (κ2) is 16.1. The van der Waals surface area contributed by atoms with Crippen LogP contribution in [0.4, 0.5) is 9.18 Å². The van der Waals surface area contributed by atoms with Gasteiger partial charge in [0.1, 0.15) is 29.5 Å². The molecule has 1 aliphatic rings. The Labute approximate surface area is 288 Å². The number of nitrogens with one attached hydrogen (secondary N) is 2. The monoisotopic (exact) mass is 675 g/mol. The summed E-state index contributed by atoms with van der Waals surface area (Å²) in [5, 5.41) is 5.64. The minimum atomic E-state index is -1.41. The van der Waals surface area contributed by atoms with E-state index >= 15 is 0 Å². The highest BCUT2D eigenvalue weighted by Crippen LogP contribution is 2.36. The molecule has 11 heteroatoms. The number of amides is 3. The average molecular weight is 676 g/mol. The Morgan fingerprint density at radius 3 is 2.00 bits per heavy atom. The van der Waals surface area contributed by atoms with Gasteiger partial charge in [-0.15, -0.1) is 0 Å². The number of alkyl carbamates (subject to hydrolysis) is 1. The molecule has 262 valence electrons. The third-order valence-corrected chi connectivity index (χ3v) is 8.88. The summed E-state index contributed by atoms with van der Waals surface area (Å²) in [6.45, 7) is 7.06. The summed E-state index contributed by atoms with van der Waals surface area (Å²) in [6.07, 6.45) is -0.796. The predicted octanol–water partition coefficient (Wildman–Crippen LogP) is 5.11. The van der Waals surface area contributed by atoms with Gasteiger partial charge in [-0.2, -0.15) is 0 Å². The van der Waals surface area contributed by atoms with E-state index in [1.165, 1.54) is 24.1 Å². The number of hydrogen-bond donors (Lipinski definition) is 2. The lowest BCUT2D eigenvalue weighted by molar-refractivity contribution is -0.928. The zero-order chi connectivity index (χ0) is 35.7. The van der Waals surface area contributed by atoms with E-state index in [1.807, 2.05) is 48.5 Å². The van der Waals surface area contributed by atoms with E-state index in [-0.39, 0.29) is 19.0 Å². The Morgan fingerprint density at radius 2 is 1.45 bits per heavy atom. The van der Waals surface area contributed by atoms with Gasteiger partial charge in [0.2, 0.25) is 11.8 Å². The first kappa shape index (κ1) is 37.1. The summed E-state index contributed by atoms with van der Waals surface area (Å²) >= 11 is 0. The fourth-order valence-corrected chi connectivity index (χ4v) is 6.19.